The molecule has 2 aliphatic rings. The van der Waals surface area contributed by atoms with Gasteiger partial charge in [0.2, 0.25) is 0 Å². The first kappa shape index (κ1) is 16.2. The predicted molar refractivity (Wildman–Crippen MR) is 108 cm³/mol. The van der Waals surface area contributed by atoms with E-state index in [1.165, 1.54) is 11.3 Å². The molecule has 2 aromatic heterocycles. The lowest BCUT2D eigenvalue weighted by Crippen LogP contribution is -2.54. The molecule has 136 valence electrons. The number of para-hydroxylation sites is 1. The van der Waals surface area contributed by atoms with Gasteiger partial charge in [-0.1, -0.05) is 39.0 Å². The van der Waals surface area contributed by atoms with E-state index < -0.39 is 0 Å². The maximum atomic E-state index is 4.73. The molecule has 5 nitrogen and oxygen atoms in total. The van der Waals surface area contributed by atoms with Crippen molar-refractivity contribution in [3.8, 4) is 0 Å². The predicted octanol–water partition coefficient (Wildman–Crippen LogP) is 4.80. The van der Waals surface area contributed by atoms with Gasteiger partial charge in [-0.2, -0.15) is 0 Å². The fraction of sp³-hybridized carbons (Fsp3) is 0.318. The second kappa shape index (κ2) is 5.78. The highest BCUT2D eigenvalue weighted by Crippen LogP contribution is 2.56. The second-order valence-corrected chi connectivity index (χ2v) is 7.65. The Hall–Kier alpha value is -2.95. The Labute approximate surface area is 159 Å². The number of benzene rings is 1. The summed E-state index contributed by atoms with van der Waals surface area (Å²) in [6, 6.07) is 12.8. The Balaban J connectivity index is 1.80. The van der Waals surface area contributed by atoms with Crippen LogP contribution in [0.4, 0.5) is 23.0 Å². The summed E-state index contributed by atoms with van der Waals surface area (Å²) in [5.74, 6) is 2.19. The van der Waals surface area contributed by atoms with E-state index in [0.717, 1.165) is 23.7 Å². The first-order valence-electron chi connectivity index (χ1n) is 9.56. The molecule has 0 radical (unpaired) electrons. The Morgan fingerprint density at radius 1 is 0.963 bits per heavy atom. The minimum atomic E-state index is 0.0697. The Morgan fingerprint density at radius 3 is 2.41 bits per heavy atom. The lowest BCUT2D eigenvalue weighted by atomic mass is 9.66. The van der Waals surface area contributed by atoms with Crippen molar-refractivity contribution in [3.05, 3.63) is 66.7 Å². The summed E-state index contributed by atoms with van der Waals surface area (Å²) < 4.78 is 0. The van der Waals surface area contributed by atoms with Crippen molar-refractivity contribution in [2.75, 3.05) is 9.80 Å². The number of hydrogen-bond donors (Lipinski definition) is 0. The molecule has 0 saturated heterocycles. The van der Waals surface area contributed by atoms with Crippen LogP contribution >= 0.6 is 0 Å². The van der Waals surface area contributed by atoms with Crippen LogP contribution in [0.25, 0.3) is 0 Å². The van der Waals surface area contributed by atoms with Gasteiger partial charge >= 0.3 is 0 Å². The fourth-order valence-corrected chi connectivity index (χ4v) is 4.76. The van der Waals surface area contributed by atoms with Crippen molar-refractivity contribution < 1.29 is 0 Å². The average molecular weight is 357 g/mol. The van der Waals surface area contributed by atoms with E-state index in [4.69, 9.17) is 9.97 Å². The standard InChI is InChI=1S/C22H23N5/c1-4-22(3)15(2)21-26(16-8-7-11-23-14-16)19-20(25-13-12-24-19)27(21)18-10-6-5-9-17(18)22/h5-15,21H,4H2,1-3H3. The molecule has 5 heteroatoms. The van der Waals surface area contributed by atoms with Crippen LogP contribution in [0.5, 0.6) is 0 Å². The number of anilines is 4. The summed E-state index contributed by atoms with van der Waals surface area (Å²) in [5.41, 5.74) is 3.75. The number of rotatable bonds is 2. The fourth-order valence-electron chi connectivity index (χ4n) is 4.76. The molecule has 27 heavy (non-hydrogen) atoms. The number of pyridine rings is 1. The van der Waals surface area contributed by atoms with E-state index in [1.54, 1.807) is 12.4 Å². The van der Waals surface area contributed by atoms with Gasteiger partial charge in [-0.3, -0.25) is 9.88 Å². The molecule has 3 atom stereocenters. The van der Waals surface area contributed by atoms with Crippen molar-refractivity contribution in [3.63, 3.8) is 0 Å². The monoisotopic (exact) mass is 357 g/mol. The highest BCUT2D eigenvalue weighted by atomic mass is 15.5. The molecular formula is C22H23N5. The van der Waals surface area contributed by atoms with Crippen molar-refractivity contribution in [1.82, 2.24) is 15.0 Å². The van der Waals surface area contributed by atoms with Crippen LogP contribution in [0.2, 0.25) is 0 Å². The average Bonchev–Trinajstić information content (AvgIpc) is 3.08. The van der Waals surface area contributed by atoms with Gasteiger partial charge in [-0.15, -0.1) is 0 Å². The van der Waals surface area contributed by atoms with E-state index in [1.807, 2.05) is 18.5 Å². The van der Waals surface area contributed by atoms with E-state index in [-0.39, 0.29) is 11.6 Å². The van der Waals surface area contributed by atoms with Gasteiger partial charge in [0.1, 0.15) is 6.17 Å². The quantitative estimate of drug-likeness (QED) is 0.659. The first-order chi connectivity index (χ1) is 13.2. The van der Waals surface area contributed by atoms with Crippen LogP contribution < -0.4 is 9.80 Å². The van der Waals surface area contributed by atoms with Crippen molar-refractivity contribution in [2.24, 2.45) is 5.92 Å². The first-order valence-corrected chi connectivity index (χ1v) is 9.56. The van der Waals surface area contributed by atoms with Gasteiger partial charge in [-0.05, 0) is 30.2 Å². The molecule has 0 amide bonds. The van der Waals surface area contributed by atoms with Crippen molar-refractivity contribution >= 4 is 23.0 Å². The zero-order chi connectivity index (χ0) is 18.6. The van der Waals surface area contributed by atoms with Crippen LogP contribution in [0.3, 0.4) is 0 Å². The van der Waals surface area contributed by atoms with Gasteiger partial charge in [0.25, 0.3) is 0 Å². The van der Waals surface area contributed by atoms with Crippen LogP contribution in [0.15, 0.2) is 61.2 Å². The van der Waals surface area contributed by atoms with Crippen molar-refractivity contribution in [2.45, 2.75) is 38.8 Å². The molecule has 0 spiro atoms. The Bertz CT molecular complexity index is 989. The smallest absolute Gasteiger partial charge is 0.178 e. The SMILES string of the molecule is CCC1(C)c2ccccc2N2c3nccnc3N(c3cccnc3)C2C1C. The molecule has 2 aliphatic heterocycles. The molecule has 0 saturated carbocycles. The maximum absolute atomic E-state index is 4.73. The van der Waals surface area contributed by atoms with Gasteiger partial charge in [0.05, 0.1) is 11.9 Å². The van der Waals surface area contributed by atoms with Crippen LogP contribution in [-0.2, 0) is 5.41 Å². The summed E-state index contributed by atoms with van der Waals surface area (Å²) in [6.45, 7) is 7.03. The van der Waals surface area contributed by atoms with Crippen LogP contribution in [0, 0.1) is 5.92 Å². The lowest BCUT2D eigenvalue weighted by Gasteiger charge is -2.50. The minimum absolute atomic E-state index is 0.0697. The van der Waals surface area contributed by atoms with Gasteiger partial charge in [0, 0.05) is 35.6 Å². The molecule has 3 unspecified atom stereocenters. The summed E-state index contributed by atoms with van der Waals surface area (Å²) in [6.07, 6.45) is 8.47. The molecular weight excluding hydrogens is 334 g/mol. The zero-order valence-electron chi connectivity index (χ0n) is 15.9. The minimum Gasteiger partial charge on any atom is -0.301 e. The topological polar surface area (TPSA) is 45.2 Å². The number of aromatic nitrogens is 3. The highest BCUT2D eigenvalue weighted by molar-refractivity contribution is 5.85. The molecule has 0 bridgehead atoms. The van der Waals surface area contributed by atoms with E-state index in [2.05, 4.69) is 65.9 Å². The number of nitrogens with zero attached hydrogens (tertiary/aromatic N) is 5. The normalized spacial score (nSPS) is 25.7. The summed E-state index contributed by atoms with van der Waals surface area (Å²) in [7, 11) is 0. The lowest BCUT2D eigenvalue weighted by molar-refractivity contribution is 0.249. The van der Waals surface area contributed by atoms with E-state index in [9.17, 15) is 0 Å². The molecule has 0 aliphatic carbocycles. The highest BCUT2D eigenvalue weighted by Gasteiger charge is 2.53. The third-order valence-corrected chi connectivity index (χ3v) is 6.54. The summed E-state index contributed by atoms with van der Waals surface area (Å²) in [5, 5.41) is 0. The maximum Gasteiger partial charge on any atom is 0.178 e. The zero-order valence-corrected chi connectivity index (χ0v) is 15.9. The van der Waals surface area contributed by atoms with Gasteiger partial charge < -0.3 is 4.90 Å². The Morgan fingerprint density at radius 2 is 1.70 bits per heavy atom. The largest absolute Gasteiger partial charge is 0.301 e. The van der Waals surface area contributed by atoms with Crippen molar-refractivity contribution in [1.29, 1.82) is 0 Å². The third kappa shape index (κ3) is 2.08. The van der Waals surface area contributed by atoms with Crippen LogP contribution in [0.1, 0.15) is 32.8 Å². The second-order valence-electron chi connectivity index (χ2n) is 7.65. The molecule has 5 rings (SSSR count). The molecule has 4 heterocycles. The Kier molecular flexibility index (Phi) is 3.47. The molecule has 3 aromatic rings. The number of hydrogen-bond acceptors (Lipinski definition) is 5. The third-order valence-electron chi connectivity index (χ3n) is 6.54. The summed E-state index contributed by atoms with van der Waals surface area (Å²) >= 11 is 0. The van der Waals surface area contributed by atoms with Gasteiger partial charge in [0.15, 0.2) is 11.6 Å². The van der Waals surface area contributed by atoms with E-state index in [0.29, 0.717) is 5.92 Å². The van der Waals surface area contributed by atoms with Crippen LogP contribution in [-0.4, -0.2) is 21.1 Å². The van der Waals surface area contributed by atoms with Gasteiger partial charge in [-0.25, -0.2) is 9.97 Å². The number of fused-ring (bicyclic) bond motifs is 5. The molecule has 0 fully saturated rings. The molecule has 0 N–H and O–H groups in total. The molecule has 1 aromatic carbocycles. The van der Waals surface area contributed by atoms with E-state index >= 15 is 0 Å². The summed E-state index contributed by atoms with van der Waals surface area (Å²) in [4.78, 5) is 18.5.